The first-order valence-corrected chi connectivity index (χ1v) is 5.75. The fourth-order valence-electron chi connectivity index (χ4n) is 1.44. The molecule has 19 heavy (non-hydrogen) atoms. The molecule has 0 saturated heterocycles. The Morgan fingerprint density at radius 2 is 2.21 bits per heavy atom. The van der Waals surface area contributed by atoms with Crippen molar-refractivity contribution in [3.8, 4) is 5.88 Å². The molecular formula is C14H13FN2O2. The second kappa shape index (κ2) is 5.95. The fourth-order valence-corrected chi connectivity index (χ4v) is 1.44. The molecule has 1 heterocycles. The van der Waals surface area contributed by atoms with E-state index >= 15 is 0 Å². The van der Waals surface area contributed by atoms with Gasteiger partial charge in [0.25, 0.3) is 5.91 Å². The van der Waals surface area contributed by atoms with Crippen LogP contribution in [0.4, 0.5) is 10.1 Å². The molecule has 2 aromatic rings. The summed E-state index contributed by atoms with van der Waals surface area (Å²) in [6.07, 6.45) is 1.57. The van der Waals surface area contributed by atoms with Crippen LogP contribution in [-0.2, 0) is 4.79 Å². The number of carbonyl (C=O) groups excluding carboxylic acids is 1. The lowest BCUT2D eigenvalue weighted by Crippen LogP contribution is -2.20. The van der Waals surface area contributed by atoms with E-state index in [1.807, 2.05) is 0 Å². The average molecular weight is 260 g/mol. The minimum atomic E-state index is -0.367. The number of aryl methyl sites for hydroxylation is 1. The molecule has 5 heteroatoms. The van der Waals surface area contributed by atoms with Crippen LogP contribution in [0.25, 0.3) is 0 Å². The Morgan fingerprint density at radius 3 is 2.89 bits per heavy atom. The van der Waals surface area contributed by atoms with Crippen molar-refractivity contribution in [3.63, 3.8) is 0 Å². The van der Waals surface area contributed by atoms with E-state index in [1.165, 1.54) is 6.07 Å². The van der Waals surface area contributed by atoms with Crippen molar-refractivity contribution < 1.29 is 13.9 Å². The van der Waals surface area contributed by atoms with E-state index < -0.39 is 0 Å². The summed E-state index contributed by atoms with van der Waals surface area (Å²) in [5, 5.41) is 2.55. The van der Waals surface area contributed by atoms with Crippen LogP contribution in [0.1, 0.15) is 5.56 Å². The lowest BCUT2D eigenvalue weighted by molar-refractivity contribution is -0.118. The molecule has 0 spiro atoms. The largest absolute Gasteiger partial charge is 0.468 e. The molecule has 1 N–H and O–H groups in total. The van der Waals surface area contributed by atoms with Gasteiger partial charge in [0.2, 0.25) is 5.88 Å². The second-order valence-electron chi connectivity index (χ2n) is 3.97. The van der Waals surface area contributed by atoms with Gasteiger partial charge in [0.15, 0.2) is 6.61 Å². The van der Waals surface area contributed by atoms with Gasteiger partial charge in [-0.1, -0.05) is 12.1 Å². The molecule has 0 atom stereocenters. The van der Waals surface area contributed by atoms with E-state index in [4.69, 9.17) is 4.74 Å². The third kappa shape index (κ3) is 3.77. The predicted molar refractivity (Wildman–Crippen MR) is 69.5 cm³/mol. The van der Waals surface area contributed by atoms with Gasteiger partial charge < -0.3 is 10.1 Å². The first-order valence-electron chi connectivity index (χ1n) is 5.75. The Labute approximate surface area is 110 Å². The van der Waals surface area contributed by atoms with Gasteiger partial charge in [0, 0.05) is 18.0 Å². The van der Waals surface area contributed by atoms with Crippen molar-refractivity contribution >= 4 is 11.6 Å². The van der Waals surface area contributed by atoms with Gasteiger partial charge in [-0.15, -0.1) is 0 Å². The summed E-state index contributed by atoms with van der Waals surface area (Å²) in [6, 6.07) is 9.67. The van der Waals surface area contributed by atoms with Gasteiger partial charge in [-0.05, 0) is 30.7 Å². The number of nitrogens with one attached hydrogen (secondary N) is 1. The quantitative estimate of drug-likeness (QED) is 0.919. The van der Waals surface area contributed by atoms with E-state index in [0.717, 1.165) is 0 Å². The van der Waals surface area contributed by atoms with Crippen LogP contribution < -0.4 is 10.1 Å². The molecule has 0 aliphatic heterocycles. The zero-order valence-corrected chi connectivity index (χ0v) is 10.4. The highest BCUT2D eigenvalue weighted by molar-refractivity contribution is 5.91. The lowest BCUT2D eigenvalue weighted by Gasteiger charge is -2.07. The Balaban J connectivity index is 1.89. The Bertz CT molecular complexity index is 573. The maximum absolute atomic E-state index is 13.3. The van der Waals surface area contributed by atoms with Crippen molar-refractivity contribution in [1.82, 2.24) is 4.98 Å². The first-order chi connectivity index (χ1) is 9.15. The molecular weight excluding hydrogens is 247 g/mol. The van der Waals surface area contributed by atoms with Gasteiger partial charge in [0.1, 0.15) is 5.82 Å². The summed E-state index contributed by atoms with van der Waals surface area (Å²) in [5.41, 5.74) is 0.931. The van der Waals surface area contributed by atoms with E-state index in [9.17, 15) is 9.18 Å². The molecule has 0 saturated carbocycles. The number of carbonyl (C=O) groups is 1. The van der Waals surface area contributed by atoms with Crippen LogP contribution >= 0.6 is 0 Å². The summed E-state index contributed by atoms with van der Waals surface area (Å²) in [5.74, 6) is -0.356. The second-order valence-corrected chi connectivity index (χ2v) is 3.97. The molecule has 0 bridgehead atoms. The number of benzene rings is 1. The number of ether oxygens (including phenoxy) is 1. The Hall–Kier alpha value is -2.43. The molecule has 0 fully saturated rings. The SMILES string of the molecule is Cc1ccc(NC(=O)COc2ccccn2)cc1F. The van der Waals surface area contributed by atoms with Crippen LogP contribution in [0, 0.1) is 12.7 Å². The summed E-state index contributed by atoms with van der Waals surface area (Å²) < 4.78 is 18.5. The molecule has 1 aromatic heterocycles. The molecule has 0 aliphatic carbocycles. The van der Waals surface area contributed by atoms with Crippen LogP contribution in [0.15, 0.2) is 42.6 Å². The number of aromatic nitrogens is 1. The fraction of sp³-hybridized carbons (Fsp3) is 0.143. The molecule has 0 radical (unpaired) electrons. The molecule has 0 aliphatic rings. The van der Waals surface area contributed by atoms with E-state index in [2.05, 4.69) is 10.3 Å². The topological polar surface area (TPSA) is 51.2 Å². The molecule has 98 valence electrons. The zero-order chi connectivity index (χ0) is 13.7. The third-order valence-electron chi connectivity index (χ3n) is 2.44. The number of pyridine rings is 1. The maximum atomic E-state index is 13.3. The maximum Gasteiger partial charge on any atom is 0.262 e. The highest BCUT2D eigenvalue weighted by atomic mass is 19.1. The van der Waals surface area contributed by atoms with Crippen LogP contribution in [-0.4, -0.2) is 17.5 Å². The minimum Gasteiger partial charge on any atom is -0.468 e. The highest BCUT2D eigenvalue weighted by Gasteiger charge is 2.05. The standard InChI is InChI=1S/C14H13FN2O2/c1-10-5-6-11(8-12(10)15)17-13(18)9-19-14-4-2-3-7-16-14/h2-8H,9H2,1H3,(H,17,18). The molecule has 1 aromatic carbocycles. The molecule has 2 rings (SSSR count). The van der Waals surface area contributed by atoms with Gasteiger partial charge in [0.05, 0.1) is 0 Å². The number of hydrogen-bond acceptors (Lipinski definition) is 3. The van der Waals surface area contributed by atoms with Crippen LogP contribution in [0.3, 0.4) is 0 Å². The number of nitrogens with zero attached hydrogens (tertiary/aromatic N) is 1. The summed E-state index contributed by atoms with van der Waals surface area (Å²) in [7, 11) is 0. The van der Waals surface area contributed by atoms with Crippen molar-refractivity contribution in [3.05, 3.63) is 54.0 Å². The van der Waals surface area contributed by atoms with Crippen LogP contribution in [0.5, 0.6) is 5.88 Å². The van der Waals surface area contributed by atoms with Crippen molar-refractivity contribution in [2.45, 2.75) is 6.92 Å². The number of rotatable bonds is 4. The Morgan fingerprint density at radius 1 is 1.37 bits per heavy atom. The number of amides is 1. The van der Waals surface area contributed by atoms with Gasteiger partial charge >= 0.3 is 0 Å². The van der Waals surface area contributed by atoms with Gasteiger partial charge in [-0.25, -0.2) is 9.37 Å². The number of anilines is 1. The summed E-state index contributed by atoms with van der Waals surface area (Å²) in [4.78, 5) is 15.5. The number of hydrogen-bond donors (Lipinski definition) is 1. The molecule has 1 amide bonds. The van der Waals surface area contributed by atoms with Crippen LogP contribution in [0.2, 0.25) is 0 Å². The molecule has 4 nitrogen and oxygen atoms in total. The Kier molecular flexibility index (Phi) is 4.07. The van der Waals surface area contributed by atoms with Crippen molar-refractivity contribution in [1.29, 1.82) is 0 Å². The van der Waals surface area contributed by atoms with E-state index in [0.29, 0.717) is 17.1 Å². The number of halogens is 1. The third-order valence-corrected chi connectivity index (χ3v) is 2.44. The molecule has 0 unspecified atom stereocenters. The minimum absolute atomic E-state index is 0.174. The van der Waals surface area contributed by atoms with E-state index in [1.54, 1.807) is 43.5 Å². The van der Waals surface area contributed by atoms with E-state index in [-0.39, 0.29) is 18.3 Å². The first kappa shape index (κ1) is 13.0. The smallest absolute Gasteiger partial charge is 0.262 e. The zero-order valence-electron chi connectivity index (χ0n) is 10.4. The lowest BCUT2D eigenvalue weighted by atomic mass is 10.2. The summed E-state index contributed by atoms with van der Waals surface area (Å²) in [6.45, 7) is 1.48. The highest BCUT2D eigenvalue weighted by Crippen LogP contribution is 2.13. The van der Waals surface area contributed by atoms with Gasteiger partial charge in [-0.3, -0.25) is 4.79 Å². The average Bonchev–Trinajstić information content (AvgIpc) is 2.42. The van der Waals surface area contributed by atoms with Crippen molar-refractivity contribution in [2.75, 3.05) is 11.9 Å². The normalized spacial score (nSPS) is 10.0. The predicted octanol–water partition coefficient (Wildman–Crippen LogP) is 2.55. The summed E-state index contributed by atoms with van der Waals surface area (Å²) >= 11 is 0. The van der Waals surface area contributed by atoms with Gasteiger partial charge in [-0.2, -0.15) is 0 Å². The monoisotopic (exact) mass is 260 g/mol. The van der Waals surface area contributed by atoms with Crippen molar-refractivity contribution in [2.24, 2.45) is 0 Å².